The Labute approximate surface area is 211 Å². The molecule has 1 aliphatic rings. The minimum atomic E-state index is -1.08. The number of nitrogens with one attached hydrogen (secondary N) is 2. The third-order valence-corrected chi connectivity index (χ3v) is 6.68. The van der Waals surface area contributed by atoms with Crippen LogP contribution in [-0.4, -0.2) is 48.1 Å². The van der Waals surface area contributed by atoms with Crippen LogP contribution < -0.4 is 21.8 Å². The van der Waals surface area contributed by atoms with Gasteiger partial charge in [0.15, 0.2) is 0 Å². The Morgan fingerprint density at radius 3 is 2.03 bits per heavy atom. The van der Waals surface area contributed by atoms with E-state index in [4.69, 9.17) is 15.0 Å². The fraction of sp³-hybridized carbons (Fsp3) is 0.423. The molecule has 192 valence electrons. The molecule has 0 saturated carbocycles. The average molecular weight is 497 g/mol. The molecule has 2 atom stereocenters. The van der Waals surface area contributed by atoms with Gasteiger partial charge in [0.25, 0.3) is 0 Å². The molecule has 1 heterocycles. The summed E-state index contributed by atoms with van der Waals surface area (Å²) in [5.41, 5.74) is 6.47. The van der Waals surface area contributed by atoms with Gasteiger partial charge < -0.3 is 25.7 Å². The van der Waals surface area contributed by atoms with Crippen LogP contribution in [-0.2, 0) is 36.5 Å². The molecule has 0 aromatic heterocycles. The van der Waals surface area contributed by atoms with Crippen molar-refractivity contribution >= 4 is 30.3 Å². The normalized spacial score (nSPS) is 17.8. The summed E-state index contributed by atoms with van der Waals surface area (Å²) in [6.07, 6.45) is 0.0591. The van der Waals surface area contributed by atoms with E-state index in [2.05, 4.69) is 10.6 Å². The summed E-state index contributed by atoms with van der Waals surface area (Å²) in [7, 11) is -0.521. The van der Waals surface area contributed by atoms with Gasteiger partial charge in [0, 0.05) is 19.8 Å². The Bertz CT molecular complexity index is 1110. The van der Waals surface area contributed by atoms with Gasteiger partial charge in [0.05, 0.1) is 11.2 Å². The van der Waals surface area contributed by atoms with Crippen molar-refractivity contribution in [1.82, 2.24) is 10.6 Å². The van der Waals surface area contributed by atoms with Crippen molar-refractivity contribution in [2.75, 3.05) is 0 Å². The van der Waals surface area contributed by atoms with Gasteiger partial charge in [-0.15, -0.1) is 0 Å². The van der Waals surface area contributed by atoms with Gasteiger partial charge in [-0.25, -0.2) is 4.39 Å². The molecule has 0 radical (unpaired) electrons. The number of carbonyl (C=O) groups is 3. The second-order valence-corrected chi connectivity index (χ2v) is 10.0. The van der Waals surface area contributed by atoms with Crippen molar-refractivity contribution in [2.24, 2.45) is 5.73 Å². The number of amides is 3. The lowest BCUT2D eigenvalue weighted by Crippen LogP contribution is -2.54. The van der Waals surface area contributed by atoms with Gasteiger partial charge in [0.2, 0.25) is 17.7 Å². The van der Waals surface area contributed by atoms with Gasteiger partial charge in [-0.1, -0.05) is 42.5 Å². The largest absolute Gasteiger partial charge is 0.494 e. The lowest BCUT2D eigenvalue weighted by Gasteiger charge is -2.32. The number of benzene rings is 2. The van der Waals surface area contributed by atoms with Crippen LogP contribution in [0, 0.1) is 5.82 Å². The van der Waals surface area contributed by atoms with Crippen molar-refractivity contribution in [1.29, 1.82) is 0 Å². The molecule has 1 fully saturated rings. The quantitative estimate of drug-likeness (QED) is 0.453. The number of carbonyl (C=O) groups excluding carboxylic acids is 3. The Hall–Kier alpha value is -3.24. The molecule has 3 amide bonds. The highest BCUT2D eigenvalue weighted by Crippen LogP contribution is 2.36. The molecule has 0 bridgehead atoms. The molecule has 0 aliphatic carbocycles. The maximum Gasteiger partial charge on any atom is 0.494 e. The molecule has 1 saturated heterocycles. The highest BCUT2D eigenvalue weighted by Gasteiger charge is 2.51. The minimum absolute atomic E-state index is 0.0770. The zero-order valence-electron chi connectivity index (χ0n) is 21.3. The molecular formula is C26H33BFN3O5. The van der Waals surface area contributed by atoms with Crippen LogP contribution in [0.5, 0.6) is 0 Å². The monoisotopic (exact) mass is 497 g/mol. The molecule has 2 aromatic carbocycles. The summed E-state index contributed by atoms with van der Waals surface area (Å²) >= 11 is 0. The van der Waals surface area contributed by atoms with E-state index in [9.17, 15) is 18.8 Å². The Morgan fingerprint density at radius 2 is 1.50 bits per heavy atom. The summed E-state index contributed by atoms with van der Waals surface area (Å²) in [6, 6.07) is 11.2. The number of hydrogen-bond donors (Lipinski definition) is 3. The lowest BCUT2D eigenvalue weighted by atomic mass is 9.78. The number of primary amides is 1. The van der Waals surface area contributed by atoms with Gasteiger partial charge in [0.1, 0.15) is 17.9 Å². The van der Waals surface area contributed by atoms with Crippen LogP contribution >= 0.6 is 0 Å². The SMILES string of the molecule is CC(=O)N[C@@H](Cc1ccccc1F)C(=O)N[C@@H](Cc1ccc(B2OC(C)(C)C(C)(C)O2)cc1)C(N)=O. The molecule has 3 rings (SSSR count). The fourth-order valence-corrected chi connectivity index (χ4v) is 3.86. The van der Waals surface area contributed by atoms with Crippen LogP contribution in [0.2, 0.25) is 0 Å². The second-order valence-electron chi connectivity index (χ2n) is 10.0. The molecule has 0 spiro atoms. The first-order valence-electron chi connectivity index (χ1n) is 11.8. The molecule has 2 aromatic rings. The highest BCUT2D eigenvalue weighted by atomic mass is 19.1. The molecule has 0 unspecified atom stereocenters. The molecule has 10 heteroatoms. The molecule has 1 aliphatic heterocycles. The van der Waals surface area contributed by atoms with Crippen LogP contribution in [0.15, 0.2) is 48.5 Å². The number of rotatable bonds is 9. The Balaban J connectivity index is 1.69. The topological polar surface area (TPSA) is 120 Å². The summed E-state index contributed by atoms with van der Waals surface area (Å²) < 4.78 is 26.2. The van der Waals surface area contributed by atoms with Crippen molar-refractivity contribution in [3.05, 3.63) is 65.5 Å². The molecule has 36 heavy (non-hydrogen) atoms. The average Bonchev–Trinajstić information content (AvgIpc) is 3.01. The predicted molar refractivity (Wildman–Crippen MR) is 135 cm³/mol. The van der Waals surface area contributed by atoms with E-state index < -0.39 is 53.9 Å². The molecule has 8 nitrogen and oxygen atoms in total. The van der Waals surface area contributed by atoms with E-state index in [0.29, 0.717) is 0 Å². The van der Waals surface area contributed by atoms with Gasteiger partial charge in [-0.2, -0.15) is 0 Å². The summed E-state index contributed by atoms with van der Waals surface area (Å²) in [4.78, 5) is 36.8. The number of nitrogens with two attached hydrogens (primary N) is 1. The molecule has 4 N–H and O–H groups in total. The third-order valence-electron chi connectivity index (χ3n) is 6.68. The summed E-state index contributed by atoms with van der Waals surface area (Å²) in [5, 5.41) is 5.12. The molecular weight excluding hydrogens is 464 g/mol. The minimum Gasteiger partial charge on any atom is -0.399 e. The van der Waals surface area contributed by atoms with Crippen LogP contribution in [0.25, 0.3) is 0 Å². The zero-order chi connectivity index (χ0) is 26.7. The van der Waals surface area contributed by atoms with E-state index in [1.165, 1.54) is 25.1 Å². The second kappa shape index (κ2) is 10.8. The summed E-state index contributed by atoms with van der Waals surface area (Å²) in [5.74, 6) is -2.31. The van der Waals surface area contributed by atoms with E-state index in [1.807, 2.05) is 52.0 Å². The smallest absolute Gasteiger partial charge is 0.399 e. The van der Waals surface area contributed by atoms with Crippen LogP contribution in [0.1, 0.15) is 45.7 Å². The standard InChI is InChI=1S/C26H33BFN3O5/c1-16(32)30-22(15-18-8-6-7-9-20(18)28)24(34)31-21(23(29)33)14-17-10-12-19(13-11-17)27-35-25(2,3)26(4,5)36-27/h6-13,21-22H,14-15H2,1-5H3,(H2,29,33)(H,30,32)(H,31,34)/t21-,22-/m0/s1. The first-order chi connectivity index (χ1) is 16.8. The third kappa shape index (κ3) is 6.50. The van der Waals surface area contributed by atoms with Crippen molar-refractivity contribution in [3.63, 3.8) is 0 Å². The van der Waals surface area contributed by atoms with Crippen molar-refractivity contribution in [3.8, 4) is 0 Å². The van der Waals surface area contributed by atoms with E-state index in [-0.39, 0.29) is 18.4 Å². The van der Waals surface area contributed by atoms with Gasteiger partial charge in [-0.3, -0.25) is 14.4 Å². The Morgan fingerprint density at radius 1 is 0.917 bits per heavy atom. The van der Waals surface area contributed by atoms with Crippen LogP contribution in [0.3, 0.4) is 0 Å². The van der Waals surface area contributed by atoms with Crippen molar-refractivity contribution in [2.45, 2.75) is 70.7 Å². The maximum atomic E-state index is 14.1. The van der Waals surface area contributed by atoms with Gasteiger partial charge in [-0.05, 0) is 50.4 Å². The van der Waals surface area contributed by atoms with Crippen molar-refractivity contribution < 1.29 is 28.1 Å². The Kier molecular flexibility index (Phi) is 8.21. The summed E-state index contributed by atoms with van der Waals surface area (Å²) in [6.45, 7) is 9.16. The maximum absolute atomic E-state index is 14.1. The predicted octanol–water partition coefficient (Wildman–Crippen LogP) is 1.38. The van der Waals surface area contributed by atoms with E-state index in [1.54, 1.807) is 6.07 Å². The van der Waals surface area contributed by atoms with Crippen LogP contribution in [0.4, 0.5) is 4.39 Å². The van der Waals surface area contributed by atoms with E-state index >= 15 is 0 Å². The fourth-order valence-electron chi connectivity index (χ4n) is 3.86. The first kappa shape index (κ1) is 27.4. The zero-order valence-corrected chi connectivity index (χ0v) is 21.3. The number of hydrogen-bond acceptors (Lipinski definition) is 5. The number of halogens is 1. The highest BCUT2D eigenvalue weighted by molar-refractivity contribution is 6.62. The van der Waals surface area contributed by atoms with E-state index in [0.717, 1.165) is 11.0 Å². The van der Waals surface area contributed by atoms with Gasteiger partial charge >= 0.3 is 7.12 Å². The first-order valence-corrected chi connectivity index (χ1v) is 11.8. The lowest BCUT2D eigenvalue weighted by molar-refractivity contribution is -0.130.